The minimum Gasteiger partial charge on any atom is -0.508 e. The predicted octanol–water partition coefficient (Wildman–Crippen LogP) is 3.19. The Morgan fingerprint density at radius 2 is 1.76 bits per heavy atom. The van der Waals surface area contributed by atoms with Crippen LogP contribution >= 0.6 is 0 Å². The summed E-state index contributed by atoms with van der Waals surface area (Å²) in [6, 6.07) is 12.8. The molecule has 0 saturated carbocycles. The topological polar surface area (TPSA) is 61.4 Å². The summed E-state index contributed by atoms with van der Waals surface area (Å²) < 4.78 is 0. The Labute approximate surface area is 121 Å². The first-order valence-electron chi connectivity index (χ1n) is 6.65. The number of allylic oxidation sites excluding steroid dienone is 1. The number of nitrogens with one attached hydrogen (secondary N) is 2. The molecule has 0 aromatic heterocycles. The van der Waals surface area contributed by atoms with E-state index in [2.05, 4.69) is 10.6 Å². The molecule has 0 radical (unpaired) electrons. The molecule has 3 N–H and O–H groups in total. The van der Waals surface area contributed by atoms with E-state index in [1.165, 1.54) is 0 Å². The highest BCUT2D eigenvalue weighted by atomic mass is 16.3. The van der Waals surface area contributed by atoms with Gasteiger partial charge in [-0.2, -0.15) is 0 Å². The lowest BCUT2D eigenvalue weighted by molar-refractivity contribution is -0.110. The summed E-state index contributed by atoms with van der Waals surface area (Å²) in [5.41, 5.74) is 4.75. The first-order chi connectivity index (χ1) is 10.2. The van der Waals surface area contributed by atoms with E-state index in [9.17, 15) is 9.90 Å². The number of phenols is 1. The van der Waals surface area contributed by atoms with Gasteiger partial charge in [-0.3, -0.25) is 4.79 Å². The van der Waals surface area contributed by atoms with E-state index in [4.69, 9.17) is 0 Å². The molecular formula is C17H12N2O2. The smallest absolute Gasteiger partial charge is 0.258 e. The fourth-order valence-electron chi connectivity index (χ4n) is 2.68. The lowest BCUT2D eigenvalue weighted by Gasteiger charge is -2.17. The average Bonchev–Trinajstić information content (AvgIpc) is 2.82. The molecule has 0 atom stereocenters. The van der Waals surface area contributed by atoms with Crippen LogP contribution in [0.3, 0.4) is 0 Å². The molecular weight excluding hydrogens is 264 g/mol. The number of fused-ring (bicyclic) bond motifs is 2. The van der Waals surface area contributed by atoms with E-state index < -0.39 is 0 Å². The number of amides is 1. The van der Waals surface area contributed by atoms with Gasteiger partial charge in [-0.25, -0.2) is 0 Å². The number of carbonyl (C=O) groups is 1. The predicted molar refractivity (Wildman–Crippen MR) is 82.8 cm³/mol. The van der Waals surface area contributed by atoms with Crippen molar-refractivity contribution in [3.05, 3.63) is 65.4 Å². The maximum atomic E-state index is 12.2. The van der Waals surface area contributed by atoms with Gasteiger partial charge < -0.3 is 15.7 Å². The van der Waals surface area contributed by atoms with E-state index in [0.29, 0.717) is 16.8 Å². The highest BCUT2D eigenvalue weighted by Gasteiger charge is 2.28. The Morgan fingerprint density at radius 3 is 2.67 bits per heavy atom. The van der Waals surface area contributed by atoms with Gasteiger partial charge in [0.15, 0.2) is 0 Å². The van der Waals surface area contributed by atoms with Gasteiger partial charge in [0, 0.05) is 16.9 Å². The number of hydrogen-bond acceptors (Lipinski definition) is 3. The Morgan fingerprint density at radius 1 is 0.905 bits per heavy atom. The molecule has 0 fully saturated rings. The quantitative estimate of drug-likeness (QED) is 0.511. The van der Waals surface area contributed by atoms with Gasteiger partial charge >= 0.3 is 0 Å². The summed E-state index contributed by atoms with van der Waals surface area (Å²) in [4.78, 5) is 12.2. The maximum absolute atomic E-state index is 12.2. The summed E-state index contributed by atoms with van der Waals surface area (Å²) in [6.07, 6.45) is 3.86. The number of phenolic OH excluding ortho intramolecular Hbond substituents is 1. The van der Waals surface area contributed by atoms with Gasteiger partial charge in [-0.15, -0.1) is 0 Å². The van der Waals surface area contributed by atoms with Gasteiger partial charge in [0.05, 0.1) is 11.3 Å². The first-order valence-corrected chi connectivity index (χ1v) is 6.65. The van der Waals surface area contributed by atoms with Gasteiger partial charge in [0.2, 0.25) is 0 Å². The second-order valence-electron chi connectivity index (χ2n) is 5.02. The Kier molecular flexibility index (Phi) is 2.38. The third kappa shape index (κ3) is 1.80. The van der Waals surface area contributed by atoms with Crippen LogP contribution < -0.4 is 10.6 Å². The molecule has 4 rings (SSSR count). The molecule has 0 saturated heterocycles. The number of hydrogen-bond donors (Lipinski definition) is 3. The van der Waals surface area contributed by atoms with E-state index in [0.717, 1.165) is 16.9 Å². The van der Waals surface area contributed by atoms with E-state index >= 15 is 0 Å². The van der Waals surface area contributed by atoms with Crippen molar-refractivity contribution < 1.29 is 9.90 Å². The van der Waals surface area contributed by atoms with Crippen LogP contribution in [0.15, 0.2) is 54.2 Å². The molecule has 0 spiro atoms. The van der Waals surface area contributed by atoms with Crippen LogP contribution in [0.5, 0.6) is 5.75 Å². The number of carbonyl (C=O) groups excluding carboxylic acids is 1. The fourth-order valence-corrected chi connectivity index (χ4v) is 2.68. The molecule has 0 bridgehead atoms. The molecule has 0 unspecified atom stereocenters. The van der Waals surface area contributed by atoms with Crippen LogP contribution in [0.25, 0.3) is 11.6 Å². The summed E-state index contributed by atoms with van der Waals surface area (Å²) in [7, 11) is 0. The van der Waals surface area contributed by atoms with E-state index in [1.807, 2.05) is 36.4 Å². The highest BCUT2D eigenvalue weighted by Crippen LogP contribution is 2.38. The summed E-state index contributed by atoms with van der Waals surface area (Å²) in [6.45, 7) is 0. The van der Waals surface area contributed by atoms with Crippen molar-refractivity contribution in [2.75, 3.05) is 10.6 Å². The van der Waals surface area contributed by atoms with Crippen LogP contribution in [0.4, 0.5) is 11.4 Å². The van der Waals surface area contributed by atoms with Crippen molar-refractivity contribution >= 4 is 28.9 Å². The second-order valence-corrected chi connectivity index (χ2v) is 5.02. The Bertz CT molecular complexity index is 834. The fraction of sp³-hybridized carbons (Fsp3) is 0. The summed E-state index contributed by atoms with van der Waals surface area (Å²) in [5.74, 6) is -0.0225. The van der Waals surface area contributed by atoms with Crippen LogP contribution in [-0.4, -0.2) is 11.0 Å². The average molecular weight is 276 g/mol. The molecule has 2 heterocycles. The van der Waals surface area contributed by atoms with Crippen molar-refractivity contribution in [3.63, 3.8) is 0 Å². The zero-order valence-corrected chi connectivity index (χ0v) is 11.1. The largest absolute Gasteiger partial charge is 0.508 e. The molecule has 1 amide bonds. The first kappa shape index (κ1) is 11.8. The normalized spacial score (nSPS) is 18.8. The number of aromatic hydroxyl groups is 1. The number of anilines is 2. The van der Waals surface area contributed by atoms with Gasteiger partial charge in [-0.1, -0.05) is 24.3 Å². The van der Waals surface area contributed by atoms with Crippen molar-refractivity contribution in [2.24, 2.45) is 0 Å². The van der Waals surface area contributed by atoms with Crippen LogP contribution in [-0.2, 0) is 4.79 Å². The third-order valence-corrected chi connectivity index (χ3v) is 3.68. The molecule has 102 valence electrons. The van der Waals surface area contributed by atoms with Crippen molar-refractivity contribution in [1.29, 1.82) is 0 Å². The second kappa shape index (κ2) is 4.24. The van der Waals surface area contributed by atoms with E-state index in [-0.39, 0.29) is 11.7 Å². The van der Waals surface area contributed by atoms with Crippen molar-refractivity contribution in [2.45, 2.75) is 0 Å². The lowest BCUT2D eigenvalue weighted by Crippen LogP contribution is -2.11. The highest BCUT2D eigenvalue weighted by molar-refractivity contribution is 6.33. The standard InChI is InChI=1S/C17H12N2O2/c20-11-6-8-14-12(9-11)16(17(21)19-14)15-7-5-10-3-1-2-4-13(10)18-15/h1-9,18,20H,(H,19,21). The summed E-state index contributed by atoms with van der Waals surface area (Å²) >= 11 is 0. The van der Waals surface area contributed by atoms with Crippen LogP contribution in [0.2, 0.25) is 0 Å². The van der Waals surface area contributed by atoms with E-state index in [1.54, 1.807) is 18.2 Å². The summed E-state index contributed by atoms with van der Waals surface area (Å²) in [5, 5.41) is 15.8. The molecule has 4 heteroatoms. The number of para-hydroxylation sites is 1. The Balaban J connectivity index is 1.88. The number of benzene rings is 2. The lowest BCUT2D eigenvalue weighted by atomic mass is 10.0. The zero-order chi connectivity index (χ0) is 14.4. The van der Waals surface area contributed by atoms with Crippen LogP contribution in [0, 0.1) is 0 Å². The molecule has 2 aliphatic heterocycles. The minimum atomic E-state index is -0.165. The number of rotatable bonds is 0. The third-order valence-electron chi connectivity index (χ3n) is 3.68. The minimum absolute atomic E-state index is 0.142. The van der Waals surface area contributed by atoms with Crippen LogP contribution in [0.1, 0.15) is 11.1 Å². The molecule has 0 aliphatic carbocycles. The van der Waals surface area contributed by atoms with Gasteiger partial charge in [0.25, 0.3) is 5.91 Å². The van der Waals surface area contributed by atoms with Crippen molar-refractivity contribution in [1.82, 2.24) is 0 Å². The molecule has 21 heavy (non-hydrogen) atoms. The molecule has 2 aromatic carbocycles. The van der Waals surface area contributed by atoms with Gasteiger partial charge in [-0.05, 0) is 35.9 Å². The van der Waals surface area contributed by atoms with Crippen molar-refractivity contribution in [3.8, 4) is 5.75 Å². The molecule has 2 aliphatic rings. The molecule has 2 aromatic rings. The Hall–Kier alpha value is -3.01. The zero-order valence-electron chi connectivity index (χ0n) is 11.1. The SMILES string of the molecule is O=C1Nc2ccc(O)cc2C1=C1C=Cc2ccccc2N1. The molecule has 4 nitrogen and oxygen atoms in total. The maximum Gasteiger partial charge on any atom is 0.258 e. The van der Waals surface area contributed by atoms with Gasteiger partial charge in [0.1, 0.15) is 5.75 Å². The monoisotopic (exact) mass is 276 g/mol.